The van der Waals surface area contributed by atoms with Gasteiger partial charge in [-0.1, -0.05) is 11.2 Å². The van der Waals surface area contributed by atoms with Crippen LogP contribution < -0.4 is 4.74 Å². The molecular formula is C11H8F3IN2O2S. The molecule has 0 amide bonds. The Kier molecular flexibility index (Phi) is 4.68. The molecule has 2 aromatic rings. The van der Waals surface area contributed by atoms with E-state index in [2.05, 4.69) is 5.10 Å². The Morgan fingerprint density at radius 1 is 1.35 bits per heavy atom. The summed E-state index contributed by atoms with van der Waals surface area (Å²) < 4.78 is 43.4. The van der Waals surface area contributed by atoms with Crippen molar-refractivity contribution in [1.29, 1.82) is 0 Å². The van der Waals surface area contributed by atoms with Gasteiger partial charge in [-0.3, -0.25) is 0 Å². The minimum Gasteiger partial charge on any atom is -0.472 e. The maximum Gasteiger partial charge on any atom is 0.446 e. The van der Waals surface area contributed by atoms with E-state index in [0.717, 1.165) is 0 Å². The Labute approximate surface area is 130 Å². The number of rotatable bonds is 4. The van der Waals surface area contributed by atoms with Gasteiger partial charge in [0.2, 0.25) is 5.88 Å². The molecule has 0 aliphatic heterocycles. The van der Waals surface area contributed by atoms with Crippen LogP contribution in [0.2, 0.25) is 0 Å². The monoisotopic (exact) mass is 416 g/mol. The Morgan fingerprint density at radius 3 is 2.70 bits per heavy atom. The number of halogens is 4. The molecule has 0 atom stereocenters. The SMILES string of the molecule is On1ccc(OCc2c(I)cccc2SC(F)(F)F)n1. The lowest BCUT2D eigenvalue weighted by Crippen LogP contribution is -2.05. The fraction of sp³-hybridized carbons (Fsp3) is 0.182. The van der Waals surface area contributed by atoms with E-state index in [9.17, 15) is 13.2 Å². The smallest absolute Gasteiger partial charge is 0.446 e. The van der Waals surface area contributed by atoms with Crippen LogP contribution in [0, 0.1) is 3.57 Å². The van der Waals surface area contributed by atoms with E-state index in [4.69, 9.17) is 9.94 Å². The third kappa shape index (κ3) is 4.20. The van der Waals surface area contributed by atoms with Crippen LogP contribution in [-0.4, -0.2) is 20.7 Å². The third-order valence-electron chi connectivity index (χ3n) is 2.22. The molecule has 1 heterocycles. The zero-order valence-corrected chi connectivity index (χ0v) is 12.7. The average Bonchev–Trinajstić information content (AvgIpc) is 2.72. The molecule has 20 heavy (non-hydrogen) atoms. The first-order valence-corrected chi connectivity index (χ1v) is 7.15. The van der Waals surface area contributed by atoms with Crippen molar-refractivity contribution in [3.63, 3.8) is 0 Å². The highest BCUT2D eigenvalue weighted by atomic mass is 127. The molecule has 0 radical (unpaired) electrons. The molecule has 0 bridgehead atoms. The van der Waals surface area contributed by atoms with Crippen molar-refractivity contribution in [2.45, 2.75) is 17.0 Å². The summed E-state index contributed by atoms with van der Waals surface area (Å²) in [6, 6.07) is 6.06. The van der Waals surface area contributed by atoms with E-state index in [-0.39, 0.29) is 29.1 Å². The van der Waals surface area contributed by atoms with E-state index in [1.165, 1.54) is 18.3 Å². The largest absolute Gasteiger partial charge is 0.472 e. The van der Waals surface area contributed by atoms with Crippen LogP contribution in [0.15, 0.2) is 35.4 Å². The molecule has 2 rings (SSSR count). The van der Waals surface area contributed by atoms with Crippen LogP contribution >= 0.6 is 34.4 Å². The number of hydrogen-bond donors (Lipinski definition) is 1. The predicted molar refractivity (Wildman–Crippen MR) is 74.8 cm³/mol. The fourth-order valence-electron chi connectivity index (χ4n) is 1.42. The van der Waals surface area contributed by atoms with Crippen molar-refractivity contribution < 1.29 is 23.1 Å². The summed E-state index contributed by atoms with van der Waals surface area (Å²) in [5.74, 6) is 0.134. The van der Waals surface area contributed by atoms with Gasteiger partial charge in [-0.25, -0.2) is 0 Å². The van der Waals surface area contributed by atoms with Crippen molar-refractivity contribution in [3.05, 3.63) is 39.6 Å². The number of benzene rings is 1. The molecule has 4 nitrogen and oxygen atoms in total. The molecule has 0 aliphatic carbocycles. The van der Waals surface area contributed by atoms with Gasteiger partial charge in [0.15, 0.2) is 0 Å². The van der Waals surface area contributed by atoms with Gasteiger partial charge < -0.3 is 9.94 Å². The Morgan fingerprint density at radius 2 is 2.10 bits per heavy atom. The fourth-order valence-corrected chi connectivity index (χ4v) is 2.95. The third-order valence-corrected chi connectivity index (χ3v) is 4.06. The van der Waals surface area contributed by atoms with Crippen LogP contribution in [0.4, 0.5) is 13.2 Å². The molecule has 0 fully saturated rings. The molecule has 1 N–H and O–H groups in total. The second kappa shape index (κ2) is 6.12. The van der Waals surface area contributed by atoms with E-state index in [0.29, 0.717) is 14.0 Å². The van der Waals surface area contributed by atoms with Gasteiger partial charge in [0, 0.05) is 20.1 Å². The molecule has 0 aliphatic rings. The van der Waals surface area contributed by atoms with Crippen LogP contribution in [0.25, 0.3) is 0 Å². The molecule has 1 aromatic heterocycles. The molecule has 0 unspecified atom stereocenters. The van der Waals surface area contributed by atoms with Crippen molar-refractivity contribution in [3.8, 4) is 5.88 Å². The van der Waals surface area contributed by atoms with Gasteiger partial charge >= 0.3 is 5.51 Å². The molecule has 0 saturated heterocycles. The minimum atomic E-state index is -4.36. The summed E-state index contributed by atoms with van der Waals surface area (Å²) in [6.45, 7) is -0.0610. The van der Waals surface area contributed by atoms with E-state index >= 15 is 0 Å². The maximum absolute atomic E-state index is 12.5. The number of nitrogens with zero attached hydrogens (tertiary/aromatic N) is 2. The second-order valence-electron chi connectivity index (χ2n) is 3.63. The van der Waals surface area contributed by atoms with Gasteiger partial charge in [-0.2, -0.15) is 13.2 Å². The number of hydrogen-bond acceptors (Lipinski definition) is 4. The molecular weight excluding hydrogens is 408 g/mol. The summed E-state index contributed by atoms with van der Waals surface area (Å²) in [5.41, 5.74) is -3.92. The average molecular weight is 416 g/mol. The zero-order chi connectivity index (χ0) is 14.8. The summed E-state index contributed by atoms with van der Waals surface area (Å²) in [5, 5.41) is 12.6. The van der Waals surface area contributed by atoms with Crippen LogP contribution in [0.5, 0.6) is 5.88 Å². The number of alkyl halides is 3. The quantitative estimate of drug-likeness (QED) is 0.467. The van der Waals surface area contributed by atoms with E-state index < -0.39 is 5.51 Å². The first kappa shape index (κ1) is 15.3. The first-order valence-electron chi connectivity index (χ1n) is 5.26. The summed E-state index contributed by atoms with van der Waals surface area (Å²) >= 11 is 1.77. The normalized spacial score (nSPS) is 11.6. The summed E-state index contributed by atoms with van der Waals surface area (Å²) in [4.78, 5) is 0.657. The van der Waals surface area contributed by atoms with Gasteiger partial charge in [0.25, 0.3) is 0 Å². The Bertz CT molecular complexity index is 604. The van der Waals surface area contributed by atoms with Crippen LogP contribution in [0.3, 0.4) is 0 Å². The highest BCUT2D eigenvalue weighted by Crippen LogP contribution is 2.39. The summed E-state index contributed by atoms with van der Waals surface area (Å²) in [6.07, 6.45) is 1.26. The molecule has 108 valence electrons. The van der Waals surface area contributed by atoms with Crippen molar-refractivity contribution >= 4 is 34.4 Å². The summed E-state index contributed by atoms with van der Waals surface area (Å²) in [7, 11) is 0. The molecule has 0 saturated carbocycles. The van der Waals surface area contributed by atoms with Crippen molar-refractivity contribution in [2.75, 3.05) is 0 Å². The lowest BCUT2D eigenvalue weighted by atomic mass is 10.2. The zero-order valence-electron chi connectivity index (χ0n) is 9.76. The highest BCUT2D eigenvalue weighted by molar-refractivity contribution is 14.1. The van der Waals surface area contributed by atoms with Gasteiger partial charge in [0.1, 0.15) is 6.61 Å². The van der Waals surface area contributed by atoms with E-state index in [1.54, 1.807) is 12.1 Å². The lowest BCUT2D eigenvalue weighted by molar-refractivity contribution is -0.0328. The van der Waals surface area contributed by atoms with Gasteiger partial charge in [-0.15, -0.1) is 4.85 Å². The molecule has 0 spiro atoms. The standard InChI is InChI=1S/C11H8F3IN2O2S/c12-11(13,14)20-9-3-1-2-8(15)7(9)6-19-10-4-5-17(18)16-10/h1-5,18H,6H2. The van der Waals surface area contributed by atoms with Gasteiger partial charge in [-0.05, 0) is 46.5 Å². The van der Waals surface area contributed by atoms with Crippen LogP contribution in [0.1, 0.15) is 5.56 Å². The number of ether oxygens (including phenoxy) is 1. The molecule has 1 aromatic carbocycles. The highest BCUT2D eigenvalue weighted by Gasteiger charge is 2.30. The van der Waals surface area contributed by atoms with Crippen molar-refractivity contribution in [1.82, 2.24) is 9.94 Å². The Hall–Kier alpha value is -1.10. The number of thioether (sulfide) groups is 1. The minimum absolute atomic E-state index is 0.0610. The lowest BCUT2D eigenvalue weighted by Gasteiger charge is -2.12. The van der Waals surface area contributed by atoms with Crippen LogP contribution in [-0.2, 0) is 6.61 Å². The topological polar surface area (TPSA) is 47.3 Å². The second-order valence-corrected chi connectivity index (χ2v) is 5.90. The number of aromatic nitrogens is 2. The van der Waals surface area contributed by atoms with E-state index in [1.807, 2.05) is 22.6 Å². The molecule has 9 heteroatoms. The maximum atomic E-state index is 12.5. The predicted octanol–water partition coefficient (Wildman–Crippen LogP) is 3.92. The first-order chi connectivity index (χ1) is 9.35. The van der Waals surface area contributed by atoms with Gasteiger partial charge in [0.05, 0.1) is 6.20 Å². The Balaban J connectivity index is 2.17. The van der Waals surface area contributed by atoms with Crippen molar-refractivity contribution in [2.24, 2.45) is 0 Å².